The van der Waals surface area contributed by atoms with Gasteiger partial charge < -0.3 is 52.3 Å². The Morgan fingerprint density at radius 2 is 1.17 bits per heavy atom. The van der Waals surface area contributed by atoms with Crippen LogP contribution < -0.4 is 37.6 Å². The van der Waals surface area contributed by atoms with Gasteiger partial charge in [0.25, 0.3) is 0 Å². The van der Waals surface area contributed by atoms with Crippen molar-refractivity contribution < 1.29 is 33.5 Å². The number of imidazole rings is 2. The van der Waals surface area contributed by atoms with Gasteiger partial charge in [-0.3, -0.25) is 24.0 Å². The SMILES string of the molecule is CC[C@H](C)[C@H](NC(=O)[C@@H](NC[C@H](CC(C)C)NC(=O)[C@H](Cc1c[nH]cn1)NC(=O)[C@H](Cc1ccccc1)NC(=O)OCc1ccccc1)C(C)C)C(=O)N[C@@H](Cc1c[nH]cn1)C(N)=O. The summed E-state index contributed by atoms with van der Waals surface area (Å²) in [5, 5.41) is 17.6. The van der Waals surface area contributed by atoms with Gasteiger partial charge in [0.2, 0.25) is 29.5 Å². The summed E-state index contributed by atoms with van der Waals surface area (Å²) >= 11 is 0. The Hall–Kier alpha value is -6.56. The van der Waals surface area contributed by atoms with Gasteiger partial charge in [-0.15, -0.1) is 0 Å². The maximum absolute atomic E-state index is 14.3. The van der Waals surface area contributed by atoms with E-state index < -0.39 is 71.9 Å². The van der Waals surface area contributed by atoms with Gasteiger partial charge in [-0.2, -0.15) is 0 Å². The summed E-state index contributed by atoms with van der Waals surface area (Å²) in [5.74, 6) is -3.24. The Balaban J connectivity index is 1.48. The van der Waals surface area contributed by atoms with Gasteiger partial charge >= 0.3 is 6.09 Å². The molecule has 0 saturated carbocycles. The van der Waals surface area contributed by atoms with E-state index in [1.165, 1.54) is 12.7 Å². The first-order valence-electron chi connectivity index (χ1n) is 21.8. The number of primary amides is 1. The maximum atomic E-state index is 14.3. The summed E-state index contributed by atoms with van der Waals surface area (Å²) in [4.78, 5) is 95.5. The van der Waals surface area contributed by atoms with E-state index in [-0.39, 0.29) is 50.2 Å². The van der Waals surface area contributed by atoms with Crippen molar-refractivity contribution in [2.45, 2.75) is 117 Å². The first-order chi connectivity index (χ1) is 30.6. The third-order valence-electron chi connectivity index (χ3n) is 10.8. The summed E-state index contributed by atoms with van der Waals surface area (Å²) in [6.45, 7) is 11.6. The van der Waals surface area contributed by atoms with Crippen molar-refractivity contribution in [3.63, 3.8) is 0 Å². The first-order valence-corrected chi connectivity index (χ1v) is 21.8. The molecule has 0 aliphatic heterocycles. The van der Waals surface area contributed by atoms with E-state index in [1.54, 1.807) is 12.4 Å². The van der Waals surface area contributed by atoms with Crippen LogP contribution in [0.4, 0.5) is 4.79 Å². The Labute approximate surface area is 374 Å². The van der Waals surface area contributed by atoms with Crippen molar-refractivity contribution in [3.05, 3.63) is 108 Å². The second kappa shape index (κ2) is 25.5. The van der Waals surface area contributed by atoms with Crippen molar-refractivity contribution in [2.75, 3.05) is 6.54 Å². The molecule has 2 heterocycles. The van der Waals surface area contributed by atoms with Crippen LogP contribution in [0, 0.1) is 17.8 Å². The monoisotopic (exact) mass is 884 g/mol. The maximum Gasteiger partial charge on any atom is 0.408 e. The molecule has 0 radical (unpaired) electrons. The highest BCUT2D eigenvalue weighted by Gasteiger charge is 2.34. The van der Waals surface area contributed by atoms with Crippen LogP contribution in [-0.2, 0) is 54.6 Å². The summed E-state index contributed by atoms with van der Waals surface area (Å²) in [6, 6.07) is 12.8. The lowest BCUT2D eigenvalue weighted by atomic mass is 9.95. The Bertz CT molecular complexity index is 2050. The molecular formula is C46H65N11O7. The first kappa shape index (κ1) is 50.1. The zero-order valence-corrected chi connectivity index (χ0v) is 37.6. The number of amides is 6. The number of aromatic nitrogens is 4. The second-order valence-electron chi connectivity index (χ2n) is 16.8. The van der Waals surface area contributed by atoms with E-state index in [0.717, 1.165) is 11.1 Å². The van der Waals surface area contributed by atoms with Crippen LogP contribution >= 0.6 is 0 Å². The van der Waals surface area contributed by atoms with Gasteiger partial charge in [0.15, 0.2) is 0 Å². The molecule has 4 rings (SSSR count). The van der Waals surface area contributed by atoms with E-state index in [0.29, 0.717) is 24.2 Å². The number of aromatic amines is 2. The number of nitrogens with two attached hydrogens (primary N) is 1. The van der Waals surface area contributed by atoms with Gasteiger partial charge in [0.1, 0.15) is 30.8 Å². The summed E-state index contributed by atoms with van der Waals surface area (Å²) < 4.78 is 5.45. The Morgan fingerprint density at radius 3 is 1.70 bits per heavy atom. The number of nitrogens with one attached hydrogen (secondary N) is 8. The lowest BCUT2D eigenvalue weighted by Gasteiger charge is -2.31. The van der Waals surface area contributed by atoms with Gasteiger partial charge in [-0.05, 0) is 35.3 Å². The molecule has 346 valence electrons. The Kier molecular flexibility index (Phi) is 20.0. The Morgan fingerprint density at radius 1 is 0.641 bits per heavy atom. The van der Waals surface area contributed by atoms with Crippen LogP contribution in [0.1, 0.15) is 76.9 Å². The number of carbonyl (C=O) groups is 6. The van der Waals surface area contributed by atoms with E-state index in [2.05, 4.69) is 51.8 Å². The van der Waals surface area contributed by atoms with Gasteiger partial charge in [0.05, 0.1) is 30.1 Å². The van der Waals surface area contributed by atoms with Crippen molar-refractivity contribution in [1.82, 2.24) is 51.8 Å². The molecule has 4 aromatic rings. The molecular weight excluding hydrogens is 819 g/mol. The van der Waals surface area contributed by atoms with E-state index in [9.17, 15) is 28.8 Å². The normalized spacial score (nSPS) is 14.6. The summed E-state index contributed by atoms with van der Waals surface area (Å²) in [6.07, 6.45) is 6.68. The minimum Gasteiger partial charge on any atom is -0.445 e. The molecule has 7 atom stereocenters. The topological polar surface area (TPSA) is 267 Å². The minimum atomic E-state index is -1.11. The van der Waals surface area contributed by atoms with Crippen molar-refractivity contribution >= 4 is 35.6 Å². The number of nitrogens with zero attached hydrogens (tertiary/aromatic N) is 2. The van der Waals surface area contributed by atoms with E-state index in [4.69, 9.17) is 10.5 Å². The molecule has 0 unspecified atom stereocenters. The number of rotatable bonds is 26. The van der Waals surface area contributed by atoms with Crippen LogP contribution in [0.5, 0.6) is 0 Å². The highest BCUT2D eigenvalue weighted by molar-refractivity contribution is 5.93. The molecule has 0 spiro atoms. The van der Waals surface area contributed by atoms with E-state index >= 15 is 0 Å². The number of carbonyl (C=O) groups excluding carboxylic acids is 6. The van der Waals surface area contributed by atoms with Gasteiger partial charge in [-0.25, -0.2) is 14.8 Å². The molecule has 0 bridgehead atoms. The summed E-state index contributed by atoms with van der Waals surface area (Å²) in [5.41, 5.74) is 8.25. The van der Waals surface area contributed by atoms with Crippen LogP contribution in [0.25, 0.3) is 0 Å². The molecule has 18 heteroatoms. The lowest BCUT2D eigenvalue weighted by molar-refractivity contribution is -0.133. The largest absolute Gasteiger partial charge is 0.445 e. The van der Waals surface area contributed by atoms with Gasteiger partial charge in [0, 0.05) is 44.2 Å². The molecule has 6 amide bonds. The fourth-order valence-corrected chi connectivity index (χ4v) is 7.06. The molecule has 64 heavy (non-hydrogen) atoms. The third-order valence-corrected chi connectivity index (χ3v) is 10.8. The predicted octanol–water partition coefficient (Wildman–Crippen LogP) is 2.59. The van der Waals surface area contributed by atoms with Crippen molar-refractivity contribution in [1.29, 1.82) is 0 Å². The van der Waals surface area contributed by atoms with Crippen LogP contribution in [0.2, 0.25) is 0 Å². The molecule has 2 aromatic carbocycles. The second-order valence-corrected chi connectivity index (χ2v) is 16.8. The molecule has 0 fully saturated rings. The van der Waals surface area contributed by atoms with Crippen molar-refractivity contribution in [3.8, 4) is 0 Å². The highest BCUT2D eigenvalue weighted by atomic mass is 16.5. The number of hydrogen-bond donors (Lipinski definition) is 9. The minimum absolute atomic E-state index is 0.000486. The highest BCUT2D eigenvalue weighted by Crippen LogP contribution is 2.14. The number of hydrogen-bond acceptors (Lipinski definition) is 10. The van der Waals surface area contributed by atoms with Crippen LogP contribution in [0.3, 0.4) is 0 Å². The smallest absolute Gasteiger partial charge is 0.408 e. The number of H-pyrrole nitrogens is 2. The summed E-state index contributed by atoms with van der Waals surface area (Å²) in [7, 11) is 0. The predicted molar refractivity (Wildman–Crippen MR) is 241 cm³/mol. The third kappa shape index (κ3) is 16.6. The lowest BCUT2D eigenvalue weighted by Crippen LogP contribution is -2.60. The average Bonchev–Trinajstić information content (AvgIpc) is 3.99. The number of alkyl carbamates (subject to hydrolysis) is 1. The number of benzene rings is 2. The zero-order valence-electron chi connectivity index (χ0n) is 37.6. The van der Waals surface area contributed by atoms with Gasteiger partial charge in [-0.1, -0.05) is 109 Å². The van der Waals surface area contributed by atoms with Crippen LogP contribution in [0.15, 0.2) is 85.7 Å². The molecule has 10 N–H and O–H groups in total. The number of ether oxygens (including phenoxy) is 1. The van der Waals surface area contributed by atoms with Crippen LogP contribution in [-0.4, -0.2) is 98.4 Å². The average molecular weight is 884 g/mol. The molecule has 0 aliphatic rings. The zero-order chi connectivity index (χ0) is 46.6. The molecule has 0 aliphatic carbocycles. The molecule has 2 aromatic heterocycles. The molecule has 0 saturated heterocycles. The standard InChI is InChI=1S/C46H65N11O7/c1-7-30(6)40(45(62)54-36(41(47)58)20-33-22-48-26-51-33)57-44(61)39(29(4)5)50-24-35(18-28(2)3)53-42(59)38(21-34-23-49-27-52-34)55-43(60)37(19-31-14-10-8-11-15-31)56-46(63)64-25-32-16-12-9-13-17-32/h8-17,22-23,26-30,35-40,50H,7,18-21,24-25H2,1-6H3,(H2,47,58)(H,48,51)(H,49,52)(H,53,59)(H,54,62)(H,55,60)(H,56,63)(H,57,61)/t30-,35-,36-,37-,38-,39-,40-/m0/s1. The molecule has 18 nitrogen and oxygen atoms in total. The van der Waals surface area contributed by atoms with E-state index in [1.807, 2.05) is 102 Å². The quantitative estimate of drug-likeness (QED) is 0.0445. The van der Waals surface area contributed by atoms with Crippen molar-refractivity contribution in [2.24, 2.45) is 23.5 Å². The fourth-order valence-electron chi connectivity index (χ4n) is 7.06. The fraction of sp³-hybridized carbons (Fsp3) is 0.478.